The monoisotopic (exact) mass is 290 g/mol. The second kappa shape index (κ2) is 6.18. The lowest BCUT2D eigenvalue weighted by atomic mass is 9.97. The van der Waals surface area contributed by atoms with E-state index in [0.717, 1.165) is 49.9 Å². The van der Waals surface area contributed by atoms with E-state index in [1.165, 1.54) is 12.8 Å². The average molecular weight is 290 g/mol. The molecule has 1 aromatic rings. The van der Waals surface area contributed by atoms with Crippen molar-refractivity contribution in [2.45, 2.75) is 51.6 Å². The average Bonchev–Trinajstić information content (AvgIpc) is 3.32. The van der Waals surface area contributed by atoms with Crippen LogP contribution in [-0.4, -0.2) is 40.8 Å². The van der Waals surface area contributed by atoms with E-state index in [-0.39, 0.29) is 6.10 Å². The minimum atomic E-state index is -0.177. The first-order valence-corrected chi connectivity index (χ1v) is 8.23. The van der Waals surface area contributed by atoms with Crippen molar-refractivity contribution >= 4 is 11.6 Å². The van der Waals surface area contributed by atoms with Gasteiger partial charge in [-0.1, -0.05) is 13.8 Å². The van der Waals surface area contributed by atoms with Crippen molar-refractivity contribution in [1.82, 2.24) is 9.97 Å². The summed E-state index contributed by atoms with van der Waals surface area (Å²) in [6, 6.07) is 2.06. The molecule has 0 spiro atoms. The maximum absolute atomic E-state index is 9.89. The fourth-order valence-corrected chi connectivity index (χ4v) is 2.82. The highest BCUT2D eigenvalue weighted by Crippen LogP contribution is 2.39. The van der Waals surface area contributed by atoms with Gasteiger partial charge in [-0.05, 0) is 31.6 Å². The third-order valence-corrected chi connectivity index (χ3v) is 4.41. The second-order valence-electron chi connectivity index (χ2n) is 6.45. The first-order chi connectivity index (χ1) is 10.2. The first kappa shape index (κ1) is 14.6. The van der Waals surface area contributed by atoms with Gasteiger partial charge in [0.25, 0.3) is 0 Å². The summed E-state index contributed by atoms with van der Waals surface area (Å²) in [4.78, 5) is 11.7. The zero-order valence-corrected chi connectivity index (χ0v) is 13.0. The van der Waals surface area contributed by atoms with E-state index >= 15 is 0 Å². The summed E-state index contributed by atoms with van der Waals surface area (Å²) in [5.41, 5.74) is 0. The Bertz CT molecular complexity index is 489. The highest BCUT2D eigenvalue weighted by molar-refractivity contribution is 5.50. The van der Waals surface area contributed by atoms with Gasteiger partial charge in [0.1, 0.15) is 17.5 Å². The van der Waals surface area contributed by atoms with Crippen molar-refractivity contribution in [2.75, 3.05) is 29.9 Å². The Morgan fingerprint density at radius 3 is 2.81 bits per heavy atom. The molecule has 2 N–H and O–H groups in total. The lowest BCUT2D eigenvalue weighted by molar-refractivity contribution is 0.0969. The molecule has 2 heterocycles. The van der Waals surface area contributed by atoms with E-state index in [0.29, 0.717) is 11.8 Å². The van der Waals surface area contributed by atoms with Crippen LogP contribution in [0.25, 0.3) is 0 Å². The molecule has 2 unspecified atom stereocenters. The number of aromatic nitrogens is 2. The van der Waals surface area contributed by atoms with Gasteiger partial charge >= 0.3 is 0 Å². The topological polar surface area (TPSA) is 61.3 Å². The standard InChI is InChI=1S/C16H26N4O/c1-3-7-17-14-9-15(19-16(18-14)12-4-5-12)20-8-6-13(21)11(2)10-20/h9,11-13,21H,3-8,10H2,1-2H3,(H,17,18,19). The van der Waals surface area contributed by atoms with Gasteiger partial charge in [-0.3, -0.25) is 0 Å². The predicted octanol–water partition coefficient (Wildman–Crippen LogP) is 2.38. The Morgan fingerprint density at radius 1 is 1.33 bits per heavy atom. The molecular weight excluding hydrogens is 264 g/mol. The van der Waals surface area contributed by atoms with Crippen LogP contribution >= 0.6 is 0 Å². The Kier molecular flexibility index (Phi) is 4.29. The third kappa shape index (κ3) is 3.46. The maximum atomic E-state index is 9.89. The van der Waals surface area contributed by atoms with Crippen LogP contribution in [0.5, 0.6) is 0 Å². The minimum absolute atomic E-state index is 0.177. The van der Waals surface area contributed by atoms with Crippen LogP contribution in [0.1, 0.15) is 51.3 Å². The van der Waals surface area contributed by atoms with Gasteiger partial charge in [-0.25, -0.2) is 9.97 Å². The summed E-state index contributed by atoms with van der Waals surface area (Å²) < 4.78 is 0. The van der Waals surface area contributed by atoms with Gasteiger partial charge in [-0.2, -0.15) is 0 Å². The molecule has 2 fully saturated rings. The largest absolute Gasteiger partial charge is 0.393 e. The molecule has 2 aliphatic rings. The fourth-order valence-electron chi connectivity index (χ4n) is 2.82. The Hall–Kier alpha value is -1.36. The van der Waals surface area contributed by atoms with E-state index < -0.39 is 0 Å². The number of rotatable bonds is 5. The lowest BCUT2D eigenvalue weighted by Gasteiger charge is -2.35. The number of nitrogens with zero attached hydrogens (tertiary/aromatic N) is 3. The number of anilines is 2. The number of aliphatic hydroxyl groups is 1. The van der Waals surface area contributed by atoms with Crippen LogP contribution in [0.4, 0.5) is 11.6 Å². The van der Waals surface area contributed by atoms with Crippen LogP contribution in [0.15, 0.2) is 6.07 Å². The van der Waals surface area contributed by atoms with Crippen LogP contribution in [0.2, 0.25) is 0 Å². The smallest absolute Gasteiger partial charge is 0.136 e. The van der Waals surface area contributed by atoms with Gasteiger partial charge in [0.2, 0.25) is 0 Å². The molecule has 1 saturated heterocycles. The summed E-state index contributed by atoms with van der Waals surface area (Å²) >= 11 is 0. The summed E-state index contributed by atoms with van der Waals surface area (Å²) in [5.74, 6) is 3.81. The van der Waals surface area contributed by atoms with Crippen molar-refractivity contribution < 1.29 is 5.11 Å². The Balaban J connectivity index is 1.81. The van der Waals surface area contributed by atoms with Crippen LogP contribution in [0, 0.1) is 5.92 Å². The zero-order chi connectivity index (χ0) is 14.8. The van der Waals surface area contributed by atoms with E-state index in [1.54, 1.807) is 0 Å². The first-order valence-electron chi connectivity index (χ1n) is 8.23. The summed E-state index contributed by atoms with van der Waals surface area (Å²) in [7, 11) is 0. The fraction of sp³-hybridized carbons (Fsp3) is 0.750. The molecule has 1 aliphatic carbocycles. The van der Waals surface area contributed by atoms with Crippen LogP contribution in [0.3, 0.4) is 0 Å². The molecule has 0 amide bonds. The predicted molar refractivity (Wildman–Crippen MR) is 84.8 cm³/mol. The molecule has 116 valence electrons. The van der Waals surface area contributed by atoms with Crippen molar-refractivity contribution in [3.05, 3.63) is 11.9 Å². The Labute approximate surface area is 126 Å². The van der Waals surface area contributed by atoms with Crippen LogP contribution in [-0.2, 0) is 0 Å². The van der Waals surface area contributed by atoms with Gasteiger partial charge in [-0.15, -0.1) is 0 Å². The molecule has 1 aliphatic heterocycles. The van der Waals surface area contributed by atoms with Gasteiger partial charge in [0.15, 0.2) is 0 Å². The highest BCUT2D eigenvalue weighted by Gasteiger charge is 2.29. The van der Waals surface area contributed by atoms with E-state index in [9.17, 15) is 5.11 Å². The highest BCUT2D eigenvalue weighted by atomic mass is 16.3. The normalized spacial score (nSPS) is 26.0. The maximum Gasteiger partial charge on any atom is 0.136 e. The molecule has 0 bridgehead atoms. The van der Waals surface area contributed by atoms with Crippen molar-refractivity contribution in [3.63, 3.8) is 0 Å². The third-order valence-electron chi connectivity index (χ3n) is 4.41. The number of piperidine rings is 1. The number of hydrogen-bond donors (Lipinski definition) is 2. The molecular formula is C16H26N4O. The molecule has 5 nitrogen and oxygen atoms in total. The lowest BCUT2D eigenvalue weighted by Crippen LogP contribution is -2.42. The Morgan fingerprint density at radius 2 is 2.14 bits per heavy atom. The number of nitrogens with one attached hydrogen (secondary N) is 1. The summed E-state index contributed by atoms with van der Waals surface area (Å²) in [5, 5.41) is 13.3. The van der Waals surface area contributed by atoms with Gasteiger partial charge in [0, 0.05) is 31.6 Å². The van der Waals surface area contributed by atoms with E-state index in [1.807, 2.05) is 0 Å². The molecule has 3 rings (SSSR count). The summed E-state index contributed by atoms with van der Waals surface area (Å²) in [6.07, 6.45) is 4.16. The molecule has 0 radical (unpaired) electrons. The minimum Gasteiger partial charge on any atom is -0.393 e. The van der Waals surface area contributed by atoms with Crippen LogP contribution < -0.4 is 10.2 Å². The molecule has 5 heteroatoms. The zero-order valence-electron chi connectivity index (χ0n) is 13.0. The molecule has 21 heavy (non-hydrogen) atoms. The SMILES string of the molecule is CCCNc1cc(N2CCC(O)C(C)C2)nc(C2CC2)n1. The summed E-state index contributed by atoms with van der Waals surface area (Å²) in [6.45, 7) is 6.95. The quantitative estimate of drug-likeness (QED) is 0.872. The molecule has 2 atom stereocenters. The van der Waals surface area contributed by atoms with E-state index in [4.69, 9.17) is 4.98 Å². The number of aliphatic hydroxyl groups excluding tert-OH is 1. The van der Waals surface area contributed by atoms with Gasteiger partial charge in [0.05, 0.1) is 6.10 Å². The molecule has 0 aromatic carbocycles. The molecule has 1 aromatic heterocycles. The van der Waals surface area contributed by atoms with Crippen molar-refractivity contribution in [2.24, 2.45) is 5.92 Å². The van der Waals surface area contributed by atoms with Gasteiger partial charge < -0.3 is 15.3 Å². The van der Waals surface area contributed by atoms with E-state index in [2.05, 4.69) is 35.1 Å². The second-order valence-corrected chi connectivity index (χ2v) is 6.45. The van der Waals surface area contributed by atoms with Crippen molar-refractivity contribution in [1.29, 1.82) is 0 Å². The number of hydrogen-bond acceptors (Lipinski definition) is 5. The van der Waals surface area contributed by atoms with Crippen molar-refractivity contribution in [3.8, 4) is 0 Å². The molecule has 1 saturated carbocycles.